The molecule has 5 rings (SSSR count). The standard InChI is InChI=1S/C22H22N6O2S/c1-23-20(30)22-27-26-21(31-22)16-12-24-28-18(29)11-17(25-19(16)28)15-9-7-14(8-10-15)13-5-3-2-4-6-13/h7-13,24H,2-6H2,1H3,(H,23,30). The van der Waals surface area contributed by atoms with Crippen molar-refractivity contribution < 1.29 is 4.79 Å². The SMILES string of the molecule is CNC(=O)c1nnc(-c2c[nH]n3c(=O)cc(-c4ccc(C5CCCCC5)cc4)nc23)s1. The van der Waals surface area contributed by atoms with Crippen LogP contribution >= 0.6 is 11.3 Å². The van der Waals surface area contributed by atoms with Crippen LogP contribution in [0.1, 0.15) is 53.4 Å². The predicted octanol–water partition coefficient (Wildman–Crippen LogP) is 3.62. The first-order valence-corrected chi connectivity index (χ1v) is 11.2. The highest BCUT2D eigenvalue weighted by molar-refractivity contribution is 7.16. The van der Waals surface area contributed by atoms with Crippen LogP contribution in [0.25, 0.3) is 27.5 Å². The lowest BCUT2D eigenvalue weighted by atomic mass is 9.84. The Hall–Kier alpha value is -3.33. The van der Waals surface area contributed by atoms with Gasteiger partial charge >= 0.3 is 0 Å². The Morgan fingerprint density at radius 3 is 2.68 bits per heavy atom. The van der Waals surface area contributed by atoms with E-state index in [0.717, 1.165) is 16.9 Å². The third-order valence-electron chi connectivity index (χ3n) is 5.86. The summed E-state index contributed by atoms with van der Waals surface area (Å²) in [4.78, 5) is 29.2. The second kappa shape index (κ2) is 8.07. The molecule has 0 radical (unpaired) electrons. The lowest BCUT2D eigenvalue weighted by Gasteiger charge is -2.22. The Morgan fingerprint density at radius 1 is 1.16 bits per heavy atom. The van der Waals surface area contributed by atoms with E-state index in [4.69, 9.17) is 4.98 Å². The summed E-state index contributed by atoms with van der Waals surface area (Å²) < 4.78 is 1.37. The average molecular weight is 435 g/mol. The van der Waals surface area contributed by atoms with Crippen molar-refractivity contribution in [1.29, 1.82) is 0 Å². The summed E-state index contributed by atoms with van der Waals surface area (Å²) in [5.41, 5.74) is 3.74. The molecule has 0 atom stereocenters. The maximum atomic E-state index is 12.7. The fraction of sp³-hybridized carbons (Fsp3) is 0.318. The average Bonchev–Trinajstić information content (AvgIpc) is 3.47. The highest BCUT2D eigenvalue weighted by Crippen LogP contribution is 2.33. The van der Waals surface area contributed by atoms with Crippen LogP contribution in [0.4, 0.5) is 0 Å². The van der Waals surface area contributed by atoms with Crippen molar-refractivity contribution in [3.05, 3.63) is 57.5 Å². The highest BCUT2D eigenvalue weighted by Gasteiger charge is 2.19. The highest BCUT2D eigenvalue weighted by atomic mass is 32.1. The number of hydrogen-bond acceptors (Lipinski definition) is 6. The third-order valence-corrected chi connectivity index (χ3v) is 6.81. The predicted molar refractivity (Wildman–Crippen MR) is 119 cm³/mol. The molecule has 4 aromatic rings. The van der Waals surface area contributed by atoms with Crippen molar-refractivity contribution in [2.45, 2.75) is 38.0 Å². The molecule has 1 aliphatic carbocycles. The number of aromatic nitrogens is 5. The Labute approximate surface area is 182 Å². The zero-order chi connectivity index (χ0) is 21.4. The maximum Gasteiger partial charge on any atom is 0.282 e. The minimum atomic E-state index is -0.299. The van der Waals surface area contributed by atoms with Gasteiger partial charge in [-0.3, -0.25) is 14.7 Å². The lowest BCUT2D eigenvalue weighted by molar-refractivity contribution is 0.0962. The first-order chi connectivity index (χ1) is 15.1. The van der Waals surface area contributed by atoms with Crippen LogP contribution < -0.4 is 10.9 Å². The largest absolute Gasteiger partial charge is 0.353 e. The summed E-state index contributed by atoms with van der Waals surface area (Å²) in [6, 6.07) is 9.94. The topological polar surface area (TPSA) is 105 Å². The number of aromatic amines is 1. The number of nitrogens with one attached hydrogen (secondary N) is 2. The van der Waals surface area contributed by atoms with Crippen LogP contribution in [-0.2, 0) is 0 Å². The zero-order valence-corrected chi connectivity index (χ0v) is 17.9. The molecule has 0 unspecified atom stereocenters. The van der Waals surface area contributed by atoms with E-state index in [1.807, 2.05) is 12.1 Å². The summed E-state index contributed by atoms with van der Waals surface area (Å²) in [5.74, 6) is 0.333. The quantitative estimate of drug-likeness (QED) is 0.510. The second-order valence-electron chi connectivity index (χ2n) is 7.77. The van der Waals surface area contributed by atoms with Crippen LogP contribution in [0.5, 0.6) is 0 Å². The molecule has 1 fully saturated rings. The van der Waals surface area contributed by atoms with Crippen molar-refractivity contribution in [3.63, 3.8) is 0 Å². The first-order valence-electron chi connectivity index (χ1n) is 10.4. The van der Waals surface area contributed by atoms with E-state index in [2.05, 4.69) is 32.7 Å². The molecule has 1 aromatic carbocycles. The van der Waals surface area contributed by atoms with Gasteiger partial charge in [0.15, 0.2) is 10.7 Å². The van der Waals surface area contributed by atoms with E-state index in [-0.39, 0.29) is 16.5 Å². The number of amides is 1. The Balaban J connectivity index is 1.52. The molecule has 0 aliphatic heterocycles. The summed E-state index contributed by atoms with van der Waals surface area (Å²) in [7, 11) is 1.54. The molecular formula is C22H22N6O2S. The molecule has 1 amide bonds. The molecule has 1 saturated carbocycles. The number of rotatable bonds is 4. The van der Waals surface area contributed by atoms with Crippen molar-refractivity contribution in [2.24, 2.45) is 0 Å². The molecule has 0 bridgehead atoms. The van der Waals surface area contributed by atoms with Crippen molar-refractivity contribution in [1.82, 2.24) is 30.1 Å². The van der Waals surface area contributed by atoms with Gasteiger partial charge < -0.3 is 5.32 Å². The van der Waals surface area contributed by atoms with E-state index in [0.29, 0.717) is 27.8 Å². The molecule has 3 heterocycles. The van der Waals surface area contributed by atoms with Gasteiger partial charge in [0.1, 0.15) is 0 Å². The summed E-state index contributed by atoms with van der Waals surface area (Å²) in [6.07, 6.45) is 8.08. The number of hydrogen-bond donors (Lipinski definition) is 2. The molecule has 0 saturated heterocycles. The van der Waals surface area contributed by atoms with Gasteiger partial charge in [-0.1, -0.05) is 54.9 Å². The molecule has 0 spiro atoms. The van der Waals surface area contributed by atoms with Crippen LogP contribution in [0.15, 0.2) is 41.3 Å². The monoisotopic (exact) mass is 434 g/mol. The molecular weight excluding hydrogens is 412 g/mol. The molecule has 2 N–H and O–H groups in total. The van der Waals surface area contributed by atoms with Crippen LogP contribution in [0.3, 0.4) is 0 Å². The third kappa shape index (κ3) is 3.65. The van der Waals surface area contributed by atoms with E-state index in [1.165, 1.54) is 48.2 Å². The summed E-state index contributed by atoms with van der Waals surface area (Å²) in [6.45, 7) is 0. The lowest BCUT2D eigenvalue weighted by Crippen LogP contribution is -2.17. The maximum absolute atomic E-state index is 12.7. The normalized spacial score (nSPS) is 14.7. The van der Waals surface area contributed by atoms with E-state index < -0.39 is 0 Å². The molecule has 31 heavy (non-hydrogen) atoms. The first kappa shape index (κ1) is 19.6. The molecule has 1 aliphatic rings. The van der Waals surface area contributed by atoms with E-state index in [1.54, 1.807) is 13.2 Å². The van der Waals surface area contributed by atoms with Gasteiger partial charge in [0.25, 0.3) is 11.5 Å². The molecule has 9 heteroatoms. The number of fused-ring (bicyclic) bond motifs is 1. The van der Waals surface area contributed by atoms with Gasteiger partial charge in [0, 0.05) is 24.9 Å². The van der Waals surface area contributed by atoms with E-state index >= 15 is 0 Å². The molecule has 8 nitrogen and oxygen atoms in total. The van der Waals surface area contributed by atoms with Crippen molar-refractivity contribution in [3.8, 4) is 21.8 Å². The number of benzene rings is 1. The van der Waals surface area contributed by atoms with Crippen molar-refractivity contribution >= 4 is 22.9 Å². The Bertz CT molecular complexity index is 1300. The van der Waals surface area contributed by atoms with Gasteiger partial charge in [0.2, 0.25) is 5.01 Å². The van der Waals surface area contributed by atoms with Gasteiger partial charge in [0.05, 0.1) is 11.3 Å². The number of nitrogens with zero attached hydrogens (tertiary/aromatic N) is 4. The molecule has 158 valence electrons. The van der Waals surface area contributed by atoms with Gasteiger partial charge in [-0.25, -0.2) is 9.50 Å². The smallest absolute Gasteiger partial charge is 0.282 e. The van der Waals surface area contributed by atoms with E-state index in [9.17, 15) is 9.59 Å². The van der Waals surface area contributed by atoms with Crippen LogP contribution in [0, 0.1) is 0 Å². The Morgan fingerprint density at radius 2 is 1.94 bits per heavy atom. The summed E-state index contributed by atoms with van der Waals surface area (Å²) in [5, 5.41) is 14.3. The van der Waals surface area contributed by atoms with Crippen LogP contribution in [-0.4, -0.2) is 37.8 Å². The van der Waals surface area contributed by atoms with Gasteiger partial charge in [-0.2, -0.15) is 0 Å². The van der Waals surface area contributed by atoms with Crippen molar-refractivity contribution in [2.75, 3.05) is 7.05 Å². The second-order valence-corrected chi connectivity index (χ2v) is 8.75. The summed E-state index contributed by atoms with van der Waals surface area (Å²) >= 11 is 1.15. The Kier molecular flexibility index (Phi) is 5.11. The van der Waals surface area contributed by atoms with Gasteiger partial charge in [-0.15, -0.1) is 10.2 Å². The zero-order valence-electron chi connectivity index (χ0n) is 17.1. The fourth-order valence-electron chi connectivity index (χ4n) is 4.18. The number of carbonyl (C=O) groups excluding carboxylic acids is 1. The fourth-order valence-corrected chi connectivity index (χ4v) is 4.98. The molecule has 3 aromatic heterocycles. The minimum absolute atomic E-state index is 0.210. The minimum Gasteiger partial charge on any atom is -0.353 e. The number of H-pyrrole nitrogens is 1. The van der Waals surface area contributed by atoms with Crippen LogP contribution in [0.2, 0.25) is 0 Å². The number of carbonyl (C=O) groups is 1. The van der Waals surface area contributed by atoms with Gasteiger partial charge in [-0.05, 0) is 24.3 Å².